The molecule has 144 valence electrons. The molecular weight excluding hydrogens is 388 g/mol. The van der Waals surface area contributed by atoms with Crippen LogP contribution in [0.5, 0.6) is 0 Å². The molecule has 6 nitrogen and oxygen atoms in total. The summed E-state index contributed by atoms with van der Waals surface area (Å²) in [5, 5.41) is 2.04. The molecule has 0 aliphatic heterocycles. The Morgan fingerprint density at radius 1 is 1.21 bits per heavy atom. The van der Waals surface area contributed by atoms with Crippen LogP contribution in [0.25, 0.3) is 21.9 Å². The van der Waals surface area contributed by atoms with Gasteiger partial charge in [0.05, 0.1) is 30.8 Å². The van der Waals surface area contributed by atoms with E-state index in [1.54, 1.807) is 29.1 Å². The van der Waals surface area contributed by atoms with Crippen LogP contribution < -0.4 is 10.1 Å². The average Bonchev–Trinajstić information content (AvgIpc) is 3.34. The normalized spacial score (nSPS) is 12.6. The van der Waals surface area contributed by atoms with Crippen LogP contribution in [-0.2, 0) is 13.6 Å². The maximum Gasteiger partial charge on any atom is 0.261 e. The zero-order valence-corrected chi connectivity index (χ0v) is 16.5. The zero-order chi connectivity index (χ0) is 20.0. The number of hydrogen-bond acceptors (Lipinski definition) is 3. The summed E-state index contributed by atoms with van der Waals surface area (Å²) in [6.45, 7) is 0.378. The number of para-hydroxylation sites is 1. The molecule has 0 saturated carbocycles. The Morgan fingerprint density at radius 3 is 2.86 bits per heavy atom. The van der Waals surface area contributed by atoms with Crippen LogP contribution in [-0.4, -0.2) is 14.1 Å². The highest BCUT2D eigenvalue weighted by Gasteiger charge is 2.24. The molecule has 5 aromatic rings. The molecular formula is C22H18ClN4O2+. The van der Waals surface area contributed by atoms with Gasteiger partial charge in [-0.2, -0.15) is 0 Å². The van der Waals surface area contributed by atoms with Crippen molar-refractivity contribution < 1.29 is 8.98 Å². The van der Waals surface area contributed by atoms with E-state index in [0.29, 0.717) is 22.5 Å². The third kappa shape index (κ3) is 3.21. The molecule has 0 amide bonds. The summed E-state index contributed by atoms with van der Waals surface area (Å²) < 4.78 is 11.7. The van der Waals surface area contributed by atoms with Gasteiger partial charge in [0.1, 0.15) is 18.0 Å². The Bertz CT molecular complexity index is 1370. The minimum atomic E-state index is -0.209. The van der Waals surface area contributed by atoms with Gasteiger partial charge in [0, 0.05) is 10.4 Å². The van der Waals surface area contributed by atoms with E-state index >= 15 is 0 Å². The molecule has 3 aromatic heterocycles. The van der Waals surface area contributed by atoms with Crippen LogP contribution in [0.3, 0.4) is 0 Å². The van der Waals surface area contributed by atoms with Crippen molar-refractivity contribution in [1.82, 2.24) is 14.1 Å². The van der Waals surface area contributed by atoms with Crippen molar-refractivity contribution in [3.63, 3.8) is 0 Å². The summed E-state index contributed by atoms with van der Waals surface area (Å²) >= 11 is 6.09. The number of aryl methyl sites for hydroxylation is 1. The zero-order valence-electron chi connectivity index (χ0n) is 15.7. The van der Waals surface area contributed by atoms with Gasteiger partial charge in [0.2, 0.25) is 6.33 Å². The van der Waals surface area contributed by atoms with Gasteiger partial charge in [-0.1, -0.05) is 29.8 Å². The monoisotopic (exact) mass is 405 g/mol. The van der Waals surface area contributed by atoms with Crippen molar-refractivity contribution in [3.8, 4) is 0 Å². The maximum atomic E-state index is 13.1. The quantitative estimate of drug-likeness (QED) is 0.428. The molecule has 0 fully saturated rings. The van der Waals surface area contributed by atoms with Crippen molar-refractivity contribution in [2.75, 3.05) is 0 Å². The second kappa shape index (κ2) is 6.90. The highest BCUT2D eigenvalue weighted by atomic mass is 35.5. The van der Waals surface area contributed by atoms with Crippen molar-refractivity contribution >= 4 is 33.5 Å². The predicted octanol–water partition coefficient (Wildman–Crippen LogP) is 3.71. The summed E-state index contributed by atoms with van der Waals surface area (Å²) in [7, 11) is 1.96. The second-order valence-corrected chi connectivity index (χ2v) is 7.53. The van der Waals surface area contributed by atoms with Crippen LogP contribution in [0.15, 0.2) is 82.8 Å². The van der Waals surface area contributed by atoms with Gasteiger partial charge >= 0.3 is 0 Å². The first-order valence-electron chi connectivity index (χ1n) is 9.24. The van der Waals surface area contributed by atoms with Crippen molar-refractivity contribution in [3.05, 3.63) is 94.7 Å². The number of imidazole rings is 1. The van der Waals surface area contributed by atoms with Gasteiger partial charge in [-0.3, -0.25) is 9.36 Å². The van der Waals surface area contributed by atoms with E-state index in [-0.39, 0.29) is 11.6 Å². The first kappa shape index (κ1) is 17.7. The number of aromatic nitrogens is 4. The molecule has 7 heteroatoms. The van der Waals surface area contributed by atoms with Crippen LogP contribution in [0, 0.1) is 0 Å². The SMILES string of the molecule is C[n+]1ccn(C(Cn2cnc3ccc(Cl)cc3c2=O)c2cc3ccccc3o2)c1. The molecule has 0 spiro atoms. The molecule has 0 radical (unpaired) electrons. The van der Waals surface area contributed by atoms with E-state index in [9.17, 15) is 4.79 Å². The smallest absolute Gasteiger partial charge is 0.261 e. The standard InChI is InChI=1S/C22H18ClN4O2/c1-25-8-9-26(14-25)19(21-10-15-4-2-3-5-20(15)29-21)12-27-13-24-18-7-6-16(23)11-17(18)22(27)28/h2-11,13-14,19H,12H2,1H3/q+1. The molecule has 1 unspecified atom stereocenters. The largest absolute Gasteiger partial charge is 0.456 e. The van der Waals surface area contributed by atoms with Crippen molar-refractivity contribution in [2.45, 2.75) is 12.6 Å². The fourth-order valence-corrected chi connectivity index (χ4v) is 3.77. The number of nitrogens with zero attached hydrogens (tertiary/aromatic N) is 4. The Balaban J connectivity index is 1.63. The van der Waals surface area contributed by atoms with Crippen molar-refractivity contribution in [1.29, 1.82) is 0 Å². The molecule has 29 heavy (non-hydrogen) atoms. The Morgan fingerprint density at radius 2 is 2.07 bits per heavy atom. The number of halogens is 1. The van der Waals surface area contributed by atoms with Crippen LogP contribution in [0.4, 0.5) is 0 Å². The van der Waals surface area contributed by atoms with Gasteiger partial charge in [0.25, 0.3) is 5.56 Å². The molecule has 5 rings (SSSR count). The van der Waals surface area contributed by atoms with Gasteiger partial charge < -0.3 is 4.42 Å². The lowest BCUT2D eigenvalue weighted by molar-refractivity contribution is -0.671. The lowest BCUT2D eigenvalue weighted by Crippen LogP contribution is -2.28. The minimum absolute atomic E-state index is 0.129. The van der Waals surface area contributed by atoms with Gasteiger partial charge in [0.15, 0.2) is 11.8 Å². The summed E-state index contributed by atoms with van der Waals surface area (Å²) in [6, 6.07) is 14.8. The molecule has 1 atom stereocenters. The molecule has 2 aromatic carbocycles. The molecule has 0 saturated heterocycles. The van der Waals surface area contributed by atoms with Gasteiger partial charge in [-0.05, 0) is 30.3 Å². The van der Waals surface area contributed by atoms with Gasteiger partial charge in [-0.25, -0.2) is 14.1 Å². The number of furan rings is 1. The number of hydrogen-bond donors (Lipinski definition) is 0. The lowest BCUT2D eigenvalue weighted by Gasteiger charge is -2.13. The van der Waals surface area contributed by atoms with Crippen LogP contribution in [0.2, 0.25) is 5.02 Å². The van der Waals surface area contributed by atoms with E-state index in [4.69, 9.17) is 16.0 Å². The summed E-state index contributed by atoms with van der Waals surface area (Å²) in [5.41, 5.74) is 1.32. The Hall–Kier alpha value is -3.38. The predicted molar refractivity (Wildman–Crippen MR) is 111 cm³/mol. The van der Waals surface area contributed by atoms with Gasteiger partial charge in [-0.15, -0.1) is 0 Å². The molecule has 0 aliphatic carbocycles. The summed E-state index contributed by atoms with van der Waals surface area (Å²) in [4.78, 5) is 17.5. The van der Waals surface area contributed by atoms with E-state index in [2.05, 4.69) is 4.98 Å². The van der Waals surface area contributed by atoms with E-state index < -0.39 is 0 Å². The fourth-order valence-electron chi connectivity index (χ4n) is 3.60. The number of benzene rings is 2. The third-order valence-electron chi connectivity index (χ3n) is 5.08. The topological polar surface area (TPSA) is 56.8 Å². The molecule has 3 heterocycles. The average molecular weight is 406 g/mol. The minimum Gasteiger partial charge on any atom is -0.456 e. The van der Waals surface area contributed by atoms with Crippen molar-refractivity contribution in [2.24, 2.45) is 7.05 Å². The first-order valence-corrected chi connectivity index (χ1v) is 9.62. The fraction of sp³-hybridized carbons (Fsp3) is 0.136. The second-order valence-electron chi connectivity index (χ2n) is 7.09. The molecule has 0 bridgehead atoms. The van der Waals surface area contributed by atoms with Crippen LogP contribution >= 0.6 is 11.6 Å². The molecule has 0 N–H and O–H groups in total. The summed E-state index contributed by atoms with van der Waals surface area (Å²) in [6.07, 6.45) is 7.47. The Labute approximate surface area is 171 Å². The third-order valence-corrected chi connectivity index (χ3v) is 5.31. The maximum absolute atomic E-state index is 13.1. The first-order chi connectivity index (χ1) is 14.1. The molecule has 0 aliphatic rings. The highest BCUT2D eigenvalue weighted by molar-refractivity contribution is 6.31. The van der Waals surface area contributed by atoms with E-state index in [1.807, 2.05) is 65.2 Å². The number of fused-ring (bicyclic) bond motifs is 2. The highest BCUT2D eigenvalue weighted by Crippen LogP contribution is 2.27. The lowest BCUT2D eigenvalue weighted by atomic mass is 10.2. The Kier molecular flexibility index (Phi) is 4.21. The summed E-state index contributed by atoms with van der Waals surface area (Å²) in [5.74, 6) is 0.778. The van der Waals surface area contributed by atoms with Crippen LogP contribution in [0.1, 0.15) is 11.8 Å². The number of rotatable bonds is 4. The van der Waals surface area contributed by atoms with E-state index in [0.717, 1.165) is 16.7 Å². The van der Waals surface area contributed by atoms with E-state index in [1.165, 1.54) is 0 Å².